The molecule has 3 aliphatic rings. The zero-order valence-corrected chi connectivity index (χ0v) is 23.6. The van der Waals surface area contributed by atoms with Crippen molar-refractivity contribution in [2.45, 2.75) is 75.4 Å². The van der Waals surface area contributed by atoms with Gasteiger partial charge in [-0.05, 0) is 93.7 Å². The summed E-state index contributed by atoms with van der Waals surface area (Å²) in [5.41, 5.74) is 4.14. The first kappa shape index (κ1) is 25.0. The van der Waals surface area contributed by atoms with Gasteiger partial charge in [0.05, 0.1) is 11.0 Å². The Morgan fingerprint density at radius 2 is 1.67 bits per heavy atom. The van der Waals surface area contributed by atoms with Gasteiger partial charge in [-0.3, -0.25) is 9.47 Å². The smallest absolute Gasteiger partial charge is 0.181 e. The Hall–Kier alpha value is -3.03. The third-order valence-corrected chi connectivity index (χ3v) is 10.4. The van der Waals surface area contributed by atoms with Crippen molar-refractivity contribution >= 4 is 28.4 Å². The Bertz CT molecular complexity index is 1420. The Morgan fingerprint density at radius 1 is 0.949 bits per heavy atom. The predicted octanol–water partition coefficient (Wildman–Crippen LogP) is 5.97. The van der Waals surface area contributed by atoms with Crippen molar-refractivity contribution in [3.63, 3.8) is 0 Å². The number of hydrogen-bond donors (Lipinski definition) is 0. The molecule has 0 amide bonds. The van der Waals surface area contributed by atoms with Gasteiger partial charge in [0, 0.05) is 43.6 Å². The van der Waals surface area contributed by atoms with E-state index in [1.54, 1.807) is 6.20 Å². The van der Waals surface area contributed by atoms with Crippen molar-refractivity contribution in [2.75, 3.05) is 19.6 Å². The van der Waals surface area contributed by atoms with E-state index in [-0.39, 0.29) is 5.41 Å². The molecule has 3 atom stereocenters. The lowest BCUT2D eigenvalue weighted by molar-refractivity contribution is 0.0888. The number of aromatic nitrogens is 4. The molecule has 0 radical (unpaired) electrons. The maximum absolute atomic E-state index is 5.81. The SMILES string of the molecule is Cc1nc2ccccc2n1C1C[C@H]2CC[C@@H](C1)N2CCC1(c2ccccc2)CCN(C(=S)n2ccnc2)CC1. The molecule has 0 N–H and O–H groups in total. The number of para-hydroxylation sites is 2. The Kier molecular flexibility index (Phi) is 6.52. The highest BCUT2D eigenvalue weighted by Gasteiger charge is 2.44. The summed E-state index contributed by atoms with van der Waals surface area (Å²) in [5, 5.41) is 0.872. The number of benzene rings is 2. The number of nitrogens with zero attached hydrogens (tertiary/aromatic N) is 6. The molecule has 1 unspecified atom stereocenters. The van der Waals surface area contributed by atoms with Gasteiger partial charge < -0.3 is 9.47 Å². The summed E-state index contributed by atoms with van der Waals surface area (Å²) in [6.45, 7) is 5.36. The number of aryl methyl sites for hydroxylation is 1. The fourth-order valence-corrected chi connectivity index (χ4v) is 8.22. The molecule has 2 aromatic heterocycles. The van der Waals surface area contributed by atoms with Crippen LogP contribution in [0, 0.1) is 6.92 Å². The largest absolute Gasteiger partial charge is 0.348 e. The van der Waals surface area contributed by atoms with Gasteiger partial charge >= 0.3 is 0 Å². The van der Waals surface area contributed by atoms with Crippen molar-refractivity contribution in [1.29, 1.82) is 0 Å². The van der Waals surface area contributed by atoms with Crippen LogP contribution in [0.2, 0.25) is 0 Å². The standard InChI is InChI=1S/C32H38N6S/c1-24-34-29-9-5-6-10-30(29)38(24)28-21-26-11-12-27(22-28)37(26)19-15-32(25-7-3-2-4-8-25)13-17-35(18-14-32)31(39)36-20-16-33-23-36/h2-10,16,20,23,26-28H,11-15,17-19,21-22H2,1H3/t26-,27+,28?. The Balaban J connectivity index is 1.07. The summed E-state index contributed by atoms with van der Waals surface area (Å²) in [6.07, 6.45) is 14.2. The highest BCUT2D eigenvalue weighted by atomic mass is 32.1. The maximum atomic E-state index is 5.81. The third-order valence-electron chi connectivity index (χ3n) is 9.95. The molecule has 0 saturated carbocycles. The number of likely N-dealkylation sites (tertiary alicyclic amines) is 1. The van der Waals surface area contributed by atoms with Crippen LogP contribution in [0.5, 0.6) is 0 Å². The van der Waals surface area contributed by atoms with Crippen molar-refractivity contribution in [3.05, 3.63) is 84.7 Å². The molecule has 2 bridgehead atoms. The second-order valence-electron chi connectivity index (χ2n) is 11.9. The van der Waals surface area contributed by atoms with Crippen LogP contribution in [0.25, 0.3) is 11.0 Å². The van der Waals surface area contributed by atoms with Crippen molar-refractivity contribution in [2.24, 2.45) is 0 Å². The van der Waals surface area contributed by atoms with Crippen LogP contribution in [-0.4, -0.2) is 65.7 Å². The van der Waals surface area contributed by atoms with Crippen LogP contribution >= 0.6 is 12.2 Å². The summed E-state index contributed by atoms with van der Waals surface area (Å²) in [5.74, 6) is 1.16. The molecule has 3 aliphatic heterocycles. The number of rotatable bonds is 5. The van der Waals surface area contributed by atoms with Crippen molar-refractivity contribution in [3.8, 4) is 0 Å². The predicted molar refractivity (Wildman–Crippen MR) is 160 cm³/mol. The van der Waals surface area contributed by atoms with Gasteiger partial charge in [0.1, 0.15) is 12.2 Å². The molecule has 5 heterocycles. The summed E-state index contributed by atoms with van der Waals surface area (Å²) in [4.78, 5) is 14.3. The maximum Gasteiger partial charge on any atom is 0.181 e. The van der Waals surface area contributed by atoms with E-state index in [9.17, 15) is 0 Å². The van der Waals surface area contributed by atoms with Gasteiger partial charge in [-0.1, -0.05) is 42.5 Å². The molecule has 3 fully saturated rings. The summed E-state index contributed by atoms with van der Waals surface area (Å²) in [6, 6.07) is 21.9. The van der Waals surface area contributed by atoms with Gasteiger partial charge in [0.2, 0.25) is 0 Å². The number of imidazole rings is 2. The van der Waals surface area contributed by atoms with Crippen LogP contribution < -0.4 is 0 Å². The molecular weight excluding hydrogens is 500 g/mol. The summed E-state index contributed by atoms with van der Waals surface area (Å²) >= 11 is 5.81. The molecule has 3 saturated heterocycles. The lowest BCUT2D eigenvalue weighted by Crippen LogP contribution is -2.49. The topological polar surface area (TPSA) is 42.1 Å². The first-order chi connectivity index (χ1) is 19.1. The third kappa shape index (κ3) is 4.49. The van der Waals surface area contributed by atoms with Crippen molar-refractivity contribution < 1.29 is 0 Å². The molecular formula is C32H38N6S. The first-order valence-electron chi connectivity index (χ1n) is 14.6. The minimum absolute atomic E-state index is 0.204. The number of thiocarbonyl (C=S) groups is 1. The summed E-state index contributed by atoms with van der Waals surface area (Å²) < 4.78 is 4.51. The number of hydrogen-bond acceptors (Lipinski definition) is 4. The minimum atomic E-state index is 0.204. The highest BCUT2D eigenvalue weighted by Crippen LogP contribution is 2.45. The lowest BCUT2D eigenvalue weighted by atomic mass is 9.70. The quantitative estimate of drug-likeness (QED) is 0.293. The van der Waals surface area contributed by atoms with E-state index in [1.807, 2.05) is 17.1 Å². The zero-order chi connectivity index (χ0) is 26.4. The Morgan fingerprint density at radius 3 is 2.38 bits per heavy atom. The van der Waals surface area contributed by atoms with Gasteiger partial charge in [0.25, 0.3) is 0 Å². The lowest BCUT2D eigenvalue weighted by Gasteiger charge is -2.46. The molecule has 6 nitrogen and oxygen atoms in total. The Labute approximate surface area is 236 Å². The molecule has 4 aromatic rings. The zero-order valence-electron chi connectivity index (χ0n) is 22.8. The van der Waals surface area contributed by atoms with Crippen LogP contribution in [0.4, 0.5) is 0 Å². The van der Waals surface area contributed by atoms with E-state index < -0.39 is 0 Å². The van der Waals surface area contributed by atoms with E-state index >= 15 is 0 Å². The fourth-order valence-electron chi connectivity index (χ4n) is 7.93. The molecule has 0 spiro atoms. The van der Waals surface area contributed by atoms with Crippen LogP contribution in [0.15, 0.2) is 73.3 Å². The van der Waals surface area contributed by atoms with Crippen LogP contribution in [0.3, 0.4) is 0 Å². The average Bonchev–Trinajstić information content (AvgIpc) is 3.68. The minimum Gasteiger partial charge on any atom is -0.348 e. The molecule has 0 aliphatic carbocycles. The normalized spacial score (nSPS) is 24.8. The molecule has 2 aromatic carbocycles. The van der Waals surface area contributed by atoms with Crippen molar-refractivity contribution in [1.82, 2.24) is 28.9 Å². The van der Waals surface area contributed by atoms with Gasteiger partial charge in [-0.15, -0.1) is 0 Å². The van der Waals surface area contributed by atoms with E-state index in [1.165, 1.54) is 49.7 Å². The first-order valence-corrected chi connectivity index (χ1v) is 15.0. The van der Waals surface area contributed by atoms with Gasteiger partial charge in [-0.2, -0.15) is 0 Å². The van der Waals surface area contributed by atoms with Gasteiger partial charge in [-0.25, -0.2) is 9.97 Å². The van der Waals surface area contributed by atoms with E-state index in [4.69, 9.17) is 17.2 Å². The molecule has 39 heavy (non-hydrogen) atoms. The second kappa shape index (κ2) is 10.2. The van der Waals surface area contributed by atoms with Crippen LogP contribution in [-0.2, 0) is 5.41 Å². The van der Waals surface area contributed by atoms with Gasteiger partial charge in [0.15, 0.2) is 5.11 Å². The van der Waals surface area contributed by atoms with E-state index in [0.717, 1.165) is 42.4 Å². The number of fused-ring (bicyclic) bond motifs is 3. The number of piperidine rings is 2. The fraction of sp³-hybridized carbons (Fsp3) is 0.469. The molecule has 202 valence electrons. The van der Waals surface area contributed by atoms with Crippen LogP contribution in [0.1, 0.15) is 62.4 Å². The average molecular weight is 539 g/mol. The van der Waals surface area contributed by atoms with E-state index in [2.05, 4.69) is 80.9 Å². The summed E-state index contributed by atoms with van der Waals surface area (Å²) in [7, 11) is 0. The second-order valence-corrected chi connectivity index (χ2v) is 12.3. The monoisotopic (exact) mass is 538 g/mol. The highest BCUT2D eigenvalue weighted by molar-refractivity contribution is 7.80. The van der Waals surface area contributed by atoms with E-state index in [0.29, 0.717) is 18.1 Å². The molecule has 7 heteroatoms. The molecule has 7 rings (SSSR count).